The van der Waals surface area contributed by atoms with E-state index in [0.29, 0.717) is 25.1 Å². The summed E-state index contributed by atoms with van der Waals surface area (Å²) in [6.45, 7) is 5.63. The Morgan fingerprint density at radius 2 is 1.77 bits per heavy atom. The molecule has 2 N–H and O–H groups in total. The lowest BCUT2D eigenvalue weighted by Gasteiger charge is -2.31. The van der Waals surface area contributed by atoms with E-state index in [9.17, 15) is 14.4 Å². The van der Waals surface area contributed by atoms with Crippen LogP contribution in [0.1, 0.15) is 38.3 Å². The summed E-state index contributed by atoms with van der Waals surface area (Å²) in [7, 11) is 0. The maximum absolute atomic E-state index is 13.6. The first-order chi connectivity index (χ1) is 16.7. The average molecular weight is 478 g/mol. The zero-order valence-electron chi connectivity index (χ0n) is 20.2. The van der Waals surface area contributed by atoms with Crippen LogP contribution in [0.5, 0.6) is 5.75 Å². The Morgan fingerprint density at radius 1 is 1.06 bits per heavy atom. The summed E-state index contributed by atoms with van der Waals surface area (Å²) in [5, 5.41) is 5.63. The van der Waals surface area contributed by atoms with E-state index in [-0.39, 0.29) is 5.91 Å². The van der Waals surface area contributed by atoms with Crippen molar-refractivity contribution in [2.45, 2.75) is 57.4 Å². The van der Waals surface area contributed by atoms with Gasteiger partial charge in [0.1, 0.15) is 23.5 Å². The van der Waals surface area contributed by atoms with Gasteiger partial charge in [-0.05, 0) is 50.1 Å². The van der Waals surface area contributed by atoms with E-state index in [1.165, 1.54) is 4.90 Å². The van der Waals surface area contributed by atoms with Crippen molar-refractivity contribution >= 4 is 24.0 Å². The Balaban J connectivity index is 1.67. The molecule has 0 saturated carbocycles. The highest BCUT2D eigenvalue weighted by atomic mass is 16.6. The van der Waals surface area contributed by atoms with Crippen LogP contribution in [0, 0.1) is 0 Å². The lowest BCUT2D eigenvalue weighted by molar-refractivity contribution is -0.132. The molecule has 2 aromatic carbocycles. The summed E-state index contributed by atoms with van der Waals surface area (Å²) in [5.41, 5.74) is 1.07. The number of nitrogens with one attached hydrogen (secondary N) is 2. The van der Waals surface area contributed by atoms with Crippen molar-refractivity contribution in [1.82, 2.24) is 15.5 Å². The van der Waals surface area contributed by atoms with Crippen molar-refractivity contribution < 1.29 is 23.9 Å². The topological polar surface area (TPSA) is 97.0 Å². The molecule has 5 rings (SSSR count). The van der Waals surface area contributed by atoms with Gasteiger partial charge in [-0.3, -0.25) is 14.5 Å². The van der Waals surface area contributed by atoms with Crippen molar-refractivity contribution in [1.29, 1.82) is 0 Å². The monoisotopic (exact) mass is 477 g/mol. The van der Waals surface area contributed by atoms with Crippen molar-refractivity contribution in [3.8, 4) is 5.75 Å². The third-order valence-corrected chi connectivity index (χ3v) is 5.82. The lowest BCUT2D eigenvalue weighted by Crippen LogP contribution is -2.57. The van der Waals surface area contributed by atoms with Crippen molar-refractivity contribution in [3.63, 3.8) is 0 Å². The molecule has 8 heteroatoms. The molecule has 3 aliphatic rings. The predicted molar refractivity (Wildman–Crippen MR) is 131 cm³/mol. The molecule has 2 aromatic rings. The van der Waals surface area contributed by atoms with Crippen molar-refractivity contribution in [2.24, 2.45) is 0 Å². The lowest BCUT2D eigenvalue weighted by atomic mass is 10.0. The van der Waals surface area contributed by atoms with Gasteiger partial charge in [-0.25, -0.2) is 4.79 Å². The van der Waals surface area contributed by atoms with Crippen LogP contribution < -0.4 is 15.4 Å². The predicted octanol–water partition coefficient (Wildman–Crippen LogP) is 3.27. The van der Waals surface area contributed by atoms with Crippen LogP contribution in [0.3, 0.4) is 0 Å². The third kappa shape index (κ3) is 6.20. The number of ether oxygens (including phenoxy) is 2. The molecule has 0 unspecified atom stereocenters. The average Bonchev–Trinajstić information content (AvgIpc) is 3.22. The van der Waals surface area contributed by atoms with Crippen LogP contribution >= 0.6 is 0 Å². The molecule has 0 aromatic heterocycles. The number of rotatable bonds is 2. The molecule has 2 bridgehead atoms. The van der Waals surface area contributed by atoms with Gasteiger partial charge in [0, 0.05) is 25.6 Å². The number of benzene rings is 2. The normalized spacial score (nSPS) is 23.4. The van der Waals surface area contributed by atoms with E-state index in [2.05, 4.69) is 10.6 Å². The minimum Gasteiger partial charge on any atom is -0.488 e. The second-order valence-electron chi connectivity index (χ2n) is 9.73. The smallest absolute Gasteiger partial charge is 0.411 e. The maximum Gasteiger partial charge on any atom is 0.411 e. The van der Waals surface area contributed by atoms with Crippen LogP contribution in [0.15, 0.2) is 60.8 Å². The van der Waals surface area contributed by atoms with E-state index >= 15 is 0 Å². The van der Waals surface area contributed by atoms with Gasteiger partial charge in [-0.15, -0.1) is 0 Å². The molecule has 3 amide bonds. The van der Waals surface area contributed by atoms with Crippen LogP contribution in [0.25, 0.3) is 6.08 Å². The Labute approximate surface area is 205 Å². The highest BCUT2D eigenvalue weighted by molar-refractivity contribution is 5.92. The molecule has 1 saturated heterocycles. The second-order valence-corrected chi connectivity index (χ2v) is 9.73. The fourth-order valence-electron chi connectivity index (χ4n) is 4.19. The first-order valence-electron chi connectivity index (χ1n) is 11.8. The molecular formula is C27H31N3O5. The Bertz CT molecular complexity index is 1090. The molecule has 184 valence electrons. The van der Waals surface area contributed by atoms with Gasteiger partial charge in [0.05, 0.1) is 0 Å². The standard InChI is InChI=1S/C27H31N3O5/c1-27(2,3)35-26(33)30-16-14-22-23(30)25(32)29-21(17-19-7-5-4-6-8-19)24(31)28-15-13-18-9-11-20(34-22)12-10-18/h4-13,15,21-23H,14,16-17H2,1-3H3,(H,28,31)(H,29,32)/b15-13-/t21-,22-,23-/m0/s1. The van der Waals surface area contributed by atoms with Crippen molar-refractivity contribution in [3.05, 3.63) is 71.9 Å². The van der Waals surface area contributed by atoms with Gasteiger partial charge in [0.15, 0.2) is 6.04 Å². The van der Waals surface area contributed by atoms with Gasteiger partial charge in [-0.2, -0.15) is 0 Å². The van der Waals surface area contributed by atoms with E-state index < -0.39 is 35.8 Å². The Hall–Kier alpha value is -3.81. The van der Waals surface area contributed by atoms with Crippen LogP contribution in [0.4, 0.5) is 4.79 Å². The third-order valence-electron chi connectivity index (χ3n) is 5.82. The number of amides is 3. The van der Waals surface area contributed by atoms with E-state index in [4.69, 9.17) is 9.47 Å². The molecular weight excluding hydrogens is 446 g/mol. The highest BCUT2D eigenvalue weighted by Gasteiger charge is 2.46. The first kappa shape index (κ1) is 24.3. The summed E-state index contributed by atoms with van der Waals surface area (Å²) in [6, 6.07) is 15.0. The van der Waals surface area contributed by atoms with Gasteiger partial charge < -0.3 is 20.1 Å². The zero-order chi connectivity index (χ0) is 25.0. The summed E-state index contributed by atoms with van der Waals surface area (Å²) < 4.78 is 11.7. The SMILES string of the molecule is CC(C)(C)OC(=O)N1CC[C@@H]2Oc3ccc(cc3)/C=C\NC(=O)[C@H](Cc3ccccc3)NC(=O)[C@H]21. The molecule has 8 nitrogen and oxygen atoms in total. The highest BCUT2D eigenvalue weighted by Crippen LogP contribution is 2.27. The van der Waals surface area contributed by atoms with Crippen LogP contribution in [0.2, 0.25) is 0 Å². The quantitative estimate of drug-likeness (QED) is 0.692. The van der Waals surface area contributed by atoms with Crippen LogP contribution in [-0.4, -0.2) is 53.1 Å². The van der Waals surface area contributed by atoms with E-state index in [1.54, 1.807) is 45.2 Å². The minimum absolute atomic E-state index is 0.296. The van der Waals surface area contributed by atoms with Gasteiger partial charge in [0.25, 0.3) is 0 Å². The van der Waals surface area contributed by atoms with E-state index in [0.717, 1.165) is 11.1 Å². The Kier molecular flexibility index (Phi) is 7.10. The van der Waals surface area contributed by atoms with E-state index in [1.807, 2.05) is 42.5 Å². The fourth-order valence-corrected chi connectivity index (χ4v) is 4.19. The molecule has 35 heavy (non-hydrogen) atoms. The summed E-state index contributed by atoms with van der Waals surface area (Å²) in [6.07, 6.45) is 2.90. The molecule has 1 fully saturated rings. The van der Waals surface area contributed by atoms with Crippen molar-refractivity contribution in [2.75, 3.05) is 6.54 Å². The summed E-state index contributed by atoms with van der Waals surface area (Å²) >= 11 is 0. The number of carbonyl (C=O) groups is 3. The molecule has 3 atom stereocenters. The fraction of sp³-hybridized carbons (Fsp3) is 0.370. The second kappa shape index (κ2) is 10.2. The number of hydrogen-bond donors (Lipinski definition) is 2. The minimum atomic E-state index is -0.950. The number of fused-ring (bicyclic) bond motifs is 7. The molecule has 0 radical (unpaired) electrons. The Morgan fingerprint density at radius 3 is 2.46 bits per heavy atom. The summed E-state index contributed by atoms with van der Waals surface area (Å²) in [4.78, 5) is 41.0. The van der Waals surface area contributed by atoms with Crippen LogP contribution in [-0.2, 0) is 20.7 Å². The number of likely N-dealkylation sites (tertiary alicyclic amines) is 1. The number of nitrogens with zero attached hydrogens (tertiary/aromatic N) is 1. The maximum atomic E-state index is 13.6. The molecule has 0 aliphatic carbocycles. The van der Waals surface area contributed by atoms with Gasteiger partial charge >= 0.3 is 6.09 Å². The first-order valence-corrected chi connectivity index (χ1v) is 11.8. The zero-order valence-corrected chi connectivity index (χ0v) is 20.2. The van der Waals surface area contributed by atoms with Gasteiger partial charge in [0.2, 0.25) is 11.8 Å². The number of hydrogen-bond acceptors (Lipinski definition) is 5. The van der Waals surface area contributed by atoms with Gasteiger partial charge in [-0.1, -0.05) is 42.5 Å². The molecule has 0 spiro atoms. The molecule has 3 heterocycles. The summed E-state index contributed by atoms with van der Waals surface area (Å²) in [5.74, 6) is -0.226. The largest absolute Gasteiger partial charge is 0.488 e. The number of carbonyl (C=O) groups excluding carboxylic acids is 3. The molecule has 3 aliphatic heterocycles.